The van der Waals surface area contributed by atoms with E-state index in [1.807, 2.05) is 60.7 Å². The van der Waals surface area contributed by atoms with E-state index in [4.69, 9.17) is 11.6 Å². The first-order valence-corrected chi connectivity index (χ1v) is 6.80. The molecule has 1 N–H and O–H groups in total. The standard InChI is InChI=1S/C16H16ClNO/c17-12-11-15(19)18-16(13-7-3-1-4-8-13)14-9-5-2-6-10-14/h1-10,16H,11-12H2,(H,18,19). The summed E-state index contributed by atoms with van der Waals surface area (Å²) in [5.41, 5.74) is 2.13. The van der Waals surface area contributed by atoms with Gasteiger partial charge in [-0.15, -0.1) is 11.6 Å². The minimum absolute atomic E-state index is 0.0345. The van der Waals surface area contributed by atoms with Gasteiger partial charge in [0.2, 0.25) is 5.91 Å². The molecule has 0 heterocycles. The SMILES string of the molecule is O=C(CCCl)NC(c1ccccc1)c1ccccc1. The molecule has 0 aliphatic heterocycles. The summed E-state index contributed by atoms with van der Waals surface area (Å²) in [5, 5.41) is 3.03. The van der Waals surface area contributed by atoms with Crippen molar-refractivity contribution >= 4 is 17.5 Å². The van der Waals surface area contributed by atoms with E-state index >= 15 is 0 Å². The Kier molecular flexibility index (Phi) is 4.99. The highest BCUT2D eigenvalue weighted by molar-refractivity contribution is 6.18. The minimum atomic E-state index is -0.127. The van der Waals surface area contributed by atoms with Gasteiger partial charge in [-0.3, -0.25) is 4.79 Å². The molecular formula is C16H16ClNO. The van der Waals surface area contributed by atoms with Crippen LogP contribution in [-0.4, -0.2) is 11.8 Å². The fourth-order valence-electron chi connectivity index (χ4n) is 1.97. The van der Waals surface area contributed by atoms with Gasteiger partial charge in [-0.25, -0.2) is 0 Å². The Morgan fingerprint density at radius 2 is 1.42 bits per heavy atom. The smallest absolute Gasteiger partial charge is 0.221 e. The van der Waals surface area contributed by atoms with E-state index in [1.54, 1.807) is 0 Å². The van der Waals surface area contributed by atoms with Crippen LogP contribution >= 0.6 is 11.6 Å². The normalized spacial score (nSPS) is 10.4. The van der Waals surface area contributed by atoms with Crippen LogP contribution in [0.1, 0.15) is 23.6 Å². The van der Waals surface area contributed by atoms with Gasteiger partial charge in [0.25, 0.3) is 0 Å². The van der Waals surface area contributed by atoms with Crippen molar-refractivity contribution in [2.45, 2.75) is 12.5 Å². The molecule has 0 saturated heterocycles. The van der Waals surface area contributed by atoms with E-state index in [9.17, 15) is 4.79 Å². The quantitative estimate of drug-likeness (QED) is 0.830. The Bertz CT molecular complexity index is 473. The number of hydrogen-bond acceptors (Lipinski definition) is 1. The summed E-state index contributed by atoms with van der Waals surface area (Å²) in [6.45, 7) is 0. The van der Waals surface area contributed by atoms with Crippen molar-refractivity contribution in [3.63, 3.8) is 0 Å². The number of nitrogens with one attached hydrogen (secondary N) is 1. The fourth-order valence-corrected chi connectivity index (χ4v) is 2.14. The van der Waals surface area contributed by atoms with Gasteiger partial charge in [-0.1, -0.05) is 60.7 Å². The molecule has 0 aromatic heterocycles. The summed E-state index contributed by atoms with van der Waals surface area (Å²) in [7, 11) is 0. The first-order chi connectivity index (χ1) is 9.31. The van der Waals surface area contributed by atoms with Crippen LogP contribution in [0.2, 0.25) is 0 Å². The van der Waals surface area contributed by atoms with E-state index in [0.29, 0.717) is 12.3 Å². The Morgan fingerprint density at radius 1 is 0.947 bits per heavy atom. The maximum atomic E-state index is 11.8. The molecule has 0 unspecified atom stereocenters. The second-order valence-electron chi connectivity index (χ2n) is 4.26. The molecule has 0 spiro atoms. The third-order valence-electron chi connectivity index (χ3n) is 2.89. The molecule has 2 aromatic carbocycles. The van der Waals surface area contributed by atoms with Crippen molar-refractivity contribution < 1.29 is 4.79 Å². The fraction of sp³-hybridized carbons (Fsp3) is 0.188. The Labute approximate surface area is 118 Å². The monoisotopic (exact) mass is 273 g/mol. The summed E-state index contributed by atoms with van der Waals surface area (Å²) in [5.74, 6) is 0.301. The van der Waals surface area contributed by atoms with Gasteiger partial charge in [0, 0.05) is 12.3 Å². The third kappa shape index (κ3) is 3.83. The molecule has 0 aliphatic carbocycles. The van der Waals surface area contributed by atoms with E-state index < -0.39 is 0 Å². The summed E-state index contributed by atoms with van der Waals surface area (Å²) in [6.07, 6.45) is 0.331. The molecule has 2 rings (SSSR count). The minimum Gasteiger partial charge on any atom is -0.345 e. The van der Waals surface area contributed by atoms with Crippen LogP contribution in [0.3, 0.4) is 0 Å². The highest BCUT2D eigenvalue weighted by Crippen LogP contribution is 2.21. The van der Waals surface area contributed by atoms with Gasteiger partial charge in [0.1, 0.15) is 0 Å². The average Bonchev–Trinajstić information content (AvgIpc) is 2.47. The van der Waals surface area contributed by atoms with Crippen LogP contribution in [0.25, 0.3) is 0 Å². The summed E-state index contributed by atoms with van der Waals surface area (Å²) in [4.78, 5) is 11.8. The molecule has 2 nitrogen and oxygen atoms in total. The predicted molar refractivity (Wildman–Crippen MR) is 78.2 cm³/mol. The van der Waals surface area contributed by atoms with Crippen LogP contribution in [0.4, 0.5) is 0 Å². The van der Waals surface area contributed by atoms with Crippen LogP contribution in [-0.2, 0) is 4.79 Å². The zero-order valence-electron chi connectivity index (χ0n) is 10.6. The lowest BCUT2D eigenvalue weighted by Crippen LogP contribution is -2.29. The number of alkyl halides is 1. The Morgan fingerprint density at radius 3 is 1.84 bits per heavy atom. The second kappa shape index (κ2) is 6.95. The molecule has 0 fully saturated rings. The van der Waals surface area contributed by atoms with Crippen molar-refractivity contribution in [2.24, 2.45) is 0 Å². The van der Waals surface area contributed by atoms with Crippen molar-refractivity contribution in [3.8, 4) is 0 Å². The molecule has 1 amide bonds. The number of halogens is 1. The lowest BCUT2D eigenvalue weighted by Gasteiger charge is -2.19. The molecule has 0 saturated carbocycles. The zero-order chi connectivity index (χ0) is 13.5. The molecule has 3 heteroatoms. The molecule has 0 bridgehead atoms. The second-order valence-corrected chi connectivity index (χ2v) is 4.64. The number of carbonyl (C=O) groups excluding carboxylic acids is 1. The number of carbonyl (C=O) groups is 1. The van der Waals surface area contributed by atoms with Crippen molar-refractivity contribution in [1.29, 1.82) is 0 Å². The van der Waals surface area contributed by atoms with Crippen LogP contribution in [0.15, 0.2) is 60.7 Å². The van der Waals surface area contributed by atoms with Crippen molar-refractivity contribution in [2.75, 3.05) is 5.88 Å². The first kappa shape index (κ1) is 13.6. The van der Waals surface area contributed by atoms with Crippen LogP contribution in [0, 0.1) is 0 Å². The molecule has 0 aliphatic rings. The average molecular weight is 274 g/mol. The summed E-state index contributed by atoms with van der Waals surface area (Å²) in [6, 6.07) is 19.7. The van der Waals surface area contributed by atoms with Crippen LogP contribution < -0.4 is 5.32 Å². The van der Waals surface area contributed by atoms with Crippen molar-refractivity contribution in [1.82, 2.24) is 5.32 Å². The number of amides is 1. The number of hydrogen-bond donors (Lipinski definition) is 1. The van der Waals surface area contributed by atoms with Gasteiger partial charge < -0.3 is 5.32 Å². The Balaban J connectivity index is 2.26. The van der Waals surface area contributed by atoms with Gasteiger partial charge in [-0.05, 0) is 11.1 Å². The van der Waals surface area contributed by atoms with Crippen molar-refractivity contribution in [3.05, 3.63) is 71.8 Å². The van der Waals surface area contributed by atoms with E-state index in [2.05, 4.69) is 5.32 Å². The third-order valence-corrected chi connectivity index (χ3v) is 3.08. The topological polar surface area (TPSA) is 29.1 Å². The molecule has 2 aromatic rings. The molecular weight excluding hydrogens is 258 g/mol. The maximum Gasteiger partial charge on any atom is 0.221 e. The highest BCUT2D eigenvalue weighted by Gasteiger charge is 2.15. The lowest BCUT2D eigenvalue weighted by atomic mass is 9.98. The molecule has 0 atom stereocenters. The predicted octanol–water partition coefficient (Wildman–Crippen LogP) is 3.52. The summed E-state index contributed by atoms with van der Waals surface area (Å²) >= 11 is 5.61. The molecule has 0 radical (unpaired) electrons. The van der Waals surface area contributed by atoms with Gasteiger partial charge in [0.05, 0.1) is 6.04 Å². The Hall–Kier alpha value is -1.80. The highest BCUT2D eigenvalue weighted by atomic mass is 35.5. The zero-order valence-corrected chi connectivity index (χ0v) is 11.3. The number of rotatable bonds is 5. The molecule has 19 heavy (non-hydrogen) atoms. The largest absolute Gasteiger partial charge is 0.345 e. The van der Waals surface area contributed by atoms with Gasteiger partial charge >= 0.3 is 0 Å². The van der Waals surface area contributed by atoms with E-state index in [-0.39, 0.29) is 11.9 Å². The summed E-state index contributed by atoms with van der Waals surface area (Å²) < 4.78 is 0. The molecule has 98 valence electrons. The van der Waals surface area contributed by atoms with Gasteiger partial charge in [0.15, 0.2) is 0 Å². The van der Waals surface area contributed by atoms with E-state index in [1.165, 1.54) is 0 Å². The lowest BCUT2D eigenvalue weighted by molar-refractivity contribution is -0.121. The van der Waals surface area contributed by atoms with Crippen LogP contribution in [0.5, 0.6) is 0 Å². The first-order valence-electron chi connectivity index (χ1n) is 6.26. The van der Waals surface area contributed by atoms with Gasteiger partial charge in [-0.2, -0.15) is 0 Å². The van der Waals surface area contributed by atoms with E-state index in [0.717, 1.165) is 11.1 Å². The maximum absolute atomic E-state index is 11.8. The number of benzene rings is 2.